The number of H-pyrrole nitrogens is 1. The minimum absolute atomic E-state index is 0.227. The molecule has 0 aliphatic carbocycles. The van der Waals surface area contributed by atoms with E-state index in [9.17, 15) is 19.5 Å². The summed E-state index contributed by atoms with van der Waals surface area (Å²) in [7, 11) is 1.26. The third-order valence-corrected chi connectivity index (χ3v) is 3.26. The Hall–Kier alpha value is -3.35. The fourth-order valence-corrected chi connectivity index (χ4v) is 2.07. The average Bonchev–Trinajstić information content (AvgIpc) is 2.57. The van der Waals surface area contributed by atoms with Crippen molar-refractivity contribution >= 4 is 17.8 Å². The van der Waals surface area contributed by atoms with Crippen molar-refractivity contribution in [3.05, 3.63) is 63.6 Å². The van der Waals surface area contributed by atoms with Gasteiger partial charge in [0.05, 0.1) is 7.11 Å². The van der Waals surface area contributed by atoms with Crippen LogP contribution in [-0.4, -0.2) is 35.6 Å². The lowest BCUT2D eigenvalue weighted by atomic mass is 10.1. The zero-order valence-electron chi connectivity index (χ0n) is 13.7. The van der Waals surface area contributed by atoms with Crippen LogP contribution in [0.1, 0.15) is 21.6 Å². The van der Waals surface area contributed by atoms with E-state index in [1.165, 1.54) is 25.3 Å². The molecule has 1 heterocycles. The summed E-state index contributed by atoms with van der Waals surface area (Å²) in [6.45, 7) is 1.38. The molecule has 2 aromatic rings. The number of rotatable bonds is 6. The number of ether oxygens (including phenoxy) is 2. The van der Waals surface area contributed by atoms with E-state index in [-0.39, 0.29) is 17.9 Å². The molecule has 0 bridgehead atoms. The molecule has 0 aliphatic heterocycles. The van der Waals surface area contributed by atoms with Gasteiger partial charge in [0.15, 0.2) is 12.4 Å². The van der Waals surface area contributed by atoms with E-state index in [1.54, 1.807) is 31.2 Å². The Morgan fingerprint density at radius 3 is 2.72 bits per heavy atom. The van der Waals surface area contributed by atoms with Crippen molar-refractivity contribution in [1.29, 1.82) is 0 Å². The van der Waals surface area contributed by atoms with Gasteiger partial charge < -0.3 is 19.6 Å². The number of aryl methyl sites for hydroxylation is 1. The number of aromatic hydroxyl groups is 1. The molecule has 0 fully saturated rings. The van der Waals surface area contributed by atoms with Crippen LogP contribution in [0.25, 0.3) is 6.08 Å². The number of carbonyl (C=O) groups is 2. The zero-order valence-corrected chi connectivity index (χ0v) is 13.7. The summed E-state index contributed by atoms with van der Waals surface area (Å²) in [5.74, 6) is -1.08. The van der Waals surface area contributed by atoms with Crippen LogP contribution in [0, 0.1) is 6.92 Å². The second kappa shape index (κ2) is 7.96. The monoisotopic (exact) mass is 343 g/mol. The molecule has 2 N–H and O–H groups in total. The number of hydrogen-bond donors (Lipinski definition) is 2. The first kappa shape index (κ1) is 18.0. The van der Waals surface area contributed by atoms with Crippen molar-refractivity contribution in [2.45, 2.75) is 6.92 Å². The molecule has 1 aromatic heterocycles. The summed E-state index contributed by atoms with van der Waals surface area (Å²) in [5.41, 5.74) is 0.111. The van der Waals surface area contributed by atoms with E-state index >= 15 is 0 Å². The van der Waals surface area contributed by atoms with E-state index in [0.29, 0.717) is 17.0 Å². The first-order valence-corrected chi connectivity index (χ1v) is 7.35. The van der Waals surface area contributed by atoms with Crippen LogP contribution in [0.5, 0.6) is 11.5 Å². The Morgan fingerprint density at radius 2 is 2.04 bits per heavy atom. The Labute approximate surface area is 143 Å². The van der Waals surface area contributed by atoms with E-state index < -0.39 is 17.3 Å². The van der Waals surface area contributed by atoms with Crippen molar-refractivity contribution in [3.63, 3.8) is 0 Å². The van der Waals surface area contributed by atoms with Gasteiger partial charge in [-0.2, -0.15) is 0 Å². The van der Waals surface area contributed by atoms with E-state index in [2.05, 4.69) is 9.72 Å². The number of aromatic amines is 1. The third kappa shape index (κ3) is 4.81. The van der Waals surface area contributed by atoms with Gasteiger partial charge in [-0.1, -0.05) is 18.2 Å². The van der Waals surface area contributed by atoms with E-state index in [4.69, 9.17) is 4.74 Å². The molecule has 0 amide bonds. The number of esters is 1. The van der Waals surface area contributed by atoms with Crippen molar-refractivity contribution in [2.24, 2.45) is 0 Å². The normalized spacial score (nSPS) is 10.6. The number of ketones is 1. The number of hydrogen-bond acceptors (Lipinski definition) is 6. The first-order chi connectivity index (χ1) is 11.9. The molecule has 0 aliphatic rings. The number of allylic oxidation sites excluding steroid dienone is 1. The molecule has 25 heavy (non-hydrogen) atoms. The van der Waals surface area contributed by atoms with Gasteiger partial charge in [0.1, 0.15) is 17.1 Å². The molecule has 0 saturated heterocycles. The van der Waals surface area contributed by atoms with Gasteiger partial charge in [0.25, 0.3) is 5.56 Å². The van der Waals surface area contributed by atoms with Gasteiger partial charge in [0.2, 0.25) is 0 Å². The fourth-order valence-electron chi connectivity index (χ4n) is 2.07. The fraction of sp³-hybridized carbons (Fsp3) is 0.167. The Bertz CT molecular complexity index is 881. The minimum atomic E-state index is -0.651. The van der Waals surface area contributed by atoms with Crippen molar-refractivity contribution in [1.82, 2.24) is 4.98 Å². The van der Waals surface area contributed by atoms with Crippen LogP contribution >= 0.6 is 0 Å². The topological polar surface area (TPSA) is 106 Å². The SMILES string of the molecule is COC(=O)COc1cccc(/C=C/C(=O)c2c(O)cc(C)[nH]c2=O)c1. The second-order valence-electron chi connectivity index (χ2n) is 5.18. The summed E-state index contributed by atoms with van der Waals surface area (Å²) in [4.78, 5) is 37.5. The molecule has 2 rings (SSSR count). The van der Waals surface area contributed by atoms with Crippen molar-refractivity contribution in [2.75, 3.05) is 13.7 Å². The van der Waals surface area contributed by atoms with Crippen LogP contribution in [0.15, 0.2) is 41.2 Å². The summed E-state index contributed by atoms with van der Waals surface area (Å²) < 4.78 is 9.74. The number of pyridine rings is 1. The standard InChI is InChI=1S/C18H17NO6/c1-11-8-15(21)17(18(23)19-11)14(20)7-6-12-4-3-5-13(9-12)25-10-16(22)24-2/h3-9H,10H2,1-2H3,(H2,19,21,23)/b7-6+. The molecule has 7 nitrogen and oxygen atoms in total. The second-order valence-corrected chi connectivity index (χ2v) is 5.18. The Morgan fingerprint density at radius 1 is 1.28 bits per heavy atom. The van der Waals surface area contributed by atoms with Crippen LogP contribution < -0.4 is 10.3 Å². The highest BCUT2D eigenvalue weighted by Crippen LogP contribution is 2.17. The molecule has 0 atom stereocenters. The number of methoxy groups -OCH3 is 1. The number of nitrogens with one attached hydrogen (secondary N) is 1. The maximum atomic E-state index is 12.2. The summed E-state index contributed by atoms with van der Waals surface area (Å²) in [6.07, 6.45) is 2.66. The van der Waals surface area contributed by atoms with Crippen molar-refractivity contribution in [3.8, 4) is 11.5 Å². The molecule has 1 aromatic carbocycles. The third-order valence-electron chi connectivity index (χ3n) is 3.26. The lowest BCUT2D eigenvalue weighted by Crippen LogP contribution is -2.17. The summed E-state index contributed by atoms with van der Waals surface area (Å²) >= 11 is 0. The van der Waals surface area contributed by atoms with E-state index in [0.717, 1.165) is 0 Å². The largest absolute Gasteiger partial charge is 0.507 e. The summed E-state index contributed by atoms with van der Waals surface area (Å²) in [5, 5.41) is 9.79. The highest BCUT2D eigenvalue weighted by Gasteiger charge is 2.14. The zero-order chi connectivity index (χ0) is 18.4. The van der Waals surface area contributed by atoms with Gasteiger partial charge in [-0.05, 0) is 36.8 Å². The minimum Gasteiger partial charge on any atom is -0.507 e. The molecule has 0 saturated carbocycles. The lowest BCUT2D eigenvalue weighted by molar-refractivity contribution is -0.142. The molecule has 0 radical (unpaired) electrons. The molecule has 0 unspecified atom stereocenters. The molecule has 7 heteroatoms. The van der Waals surface area contributed by atoms with Gasteiger partial charge in [-0.25, -0.2) is 4.79 Å². The van der Waals surface area contributed by atoms with Crippen LogP contribution in [0.2, 0.25) is 0 Å². The average molecular weight is 343 g/mol. The van der Waals surface area contributed by atoms with Gasteiger partial charge in [-0.3, -0.25) is 9.59 Å². The number of aromatic nitrogens is 1. The smallest absolute Gasteiger partial charge is 0.343 e. The first-order valence-electron chi connectivity index (χ1n) is 7.35. The van der Waals surface area contributed by atoms with Crippen molar-refractivity contribution < 1.29 is 24.2 Å². The Kier molecular flexibility index (Phi) is 5.73. The quantitative estimate of drug-likeness (QED) is 0.471. The Balaban J connectivity index is 2.15. The van der Waals surface area contributed by atoms with E-state index in [1.807, 2.05) is 0 Å². The van der Waals surface area contributed by atoms with Gasteiger partial charge in [0, 0.05) is 5.69 Å². The molecule has 130 valence electrons. The van der Waals surface area contributed by atoms with Crippen LogP contribution in [-0.2, 0) is 9.53 Å². The van der Waals surface area contributed by atoms with Gasteiger partial charge >= 0.3 is 5.97 Å². The predicted octanol–water partition coefficient (Wildman–Crippen LogP) is 1.84. The number of benzene rings is 1. The highest BCUT2D eigenvalue weighted by molar-refractivity contribution is 6.08. The predicted molar refractivity (Wildman–Crippen MR) is 90.8 cm³/mol. The number of carbonyl (C=O) groups excluding carboxylic acids is 2. The maximum absolute atomic E-state index is 12.2. The highest BCUT2D eigenvalue weighted by atomic mass is 16.6. The molecular weight excluding hydrogens is 326 g/mol. The summed E-state index contributed by atoms with van der Waals surface area (Å²) in [6, 6.07) is 7.98. The maximum Gasteiger partial charge on any atom is 0.343 e. The van der Waals surface area contributed by atoms with Crippen LogP contribution in [0.4, 0.5) is 0 Å². The van der Waals surface area contributed by atoms with Gasteiger partial charge in [-0.15, -0.1) is 0 Å². The molecule has 0 spiro atoms. The lowest BCUT2D eigenvalue weighted by Gasteiger charge is -2.05. The molecular formula is C18H17NO6. The van der Waals surface area contributed by atoms with Crippen LogP contribution in [0.3, 0.4) is 0 Å².